The van der Waals surface area contributed by atoms with E-state index >= 15 is 0 Å². The predicted octanol–water partition coefficient (Wildman–Crippen LogP) is 16.3. The van der Waals surface area contributed by atoms with Gasteiger partial charge in [-0.25, -0.2) is 0 Å². The molecule has 0 nitrogen and oxygen atoms in total. The van der Waals surface area contributed by atoms with E-state index in [1.807, 2.05) is 34.0 Å². The van der Waals surface area contributed by atoms with Crippen molar-refractivity contribution in [2.75, 3.05) is 0 Å². The Bertz CT molecular complexity index is 1830. The van der Waals surface area contributed by atoms with E-state index in [9.17, 15) is 0 Å². The smallest absolute Gasteiger partial charge is 0.0362 e. The Kier molecular flexibility index (Phi) is 13.3. The summed E-state index contributed by atoms with van der Waals surface area (Å²) in [6.07, 6.45) is 27.6. The maximum Gasteiger partial charge on any atom is 0.0362 e. The van der Waals surface area contributed by atoms with Crippen molar-refractivity contribution < 1.29 is 0 Å². The summed E-state index contributed by atoms with van der Waals surface area (Å²) in [5.74, 6) is 0. The normalized spacial score (nSPS) is 12.0. The lowest BCUT2D eigenvalue weighted by atomic mass is 10.0. The maximum atomic E-state index is 2.48. The fourth-order valence-electron chi connectivity index (χ4n) is 7.32. The fourth-order valence-corrected chi connectivity index (χ4v) is 10.7. The van der Waals surface area contributed by atoms with E-state index in [2.05, 4.69) is 74.5 Å². The van der Waals surface area contributed by atoms with Gasteiger partial charge in [0.05, 0.1) is 0 Å². The number of rotatable bonds is 21. The maximum absolute atomic E-state index is 2.48. The molecule has 0 aliphatic rings. The van der Waals surface area contributed by atoms with Gasteiger partial charge in [0.15, 0.2) is 0 Å². The summed E-state index contributed by atoms with van der Waals surface area (Å²) in [6, 6.07) is 24.1. The molecule has 0 fully saturated rings. The molecule has 0 amide bonds. The van der Waals surface area contributed by atoms with Crippen LogP contribution in [-0.2, 0) is 12.8 Å². The summed E-state index contributed by atoms with van der Waals surface area (Å²) >= 11 is 5.95. The highest BCUT2D eigenvalue weighted by Gasteiger charge is 2.13. The van der Waals surface area contributed by atoms with Crippen molar-refractivity contribution >= 4 is 74.4 Å². The average molecular weight is 681 g/mol. The second kappa shape index (κ2) is 18.0. The number of aryl methyl sites for hydroxylation is 2. The Hall–Kier alpha value is -2.20. The Labute approximate surface area is 296 Å². The molecule has 0 radical (unpaired) electrons. The summed E-state index contributed by atoms with van der Waals surface area (Å²) in [6.45, 7) is 4.60. The summed E-state index contributed by atoms with van der Waals surface area (Å²) < 4.78 is 5.71. The van der Waals surface area contributed by atoms with Gasteiger partial charge in [0.2, 0.25) is 0 Å². The third-order valence-electron chi connectivity index (χ3n) is 10.2. The van der Waals surface area contributed by atoms with E-state index in [-0.39, 0.29) is 0 Å². The summed E-state index contributed by atoms with van der Waals surface area (Å²) in [4.78, 5) is 2.96. The predicted molar refractivity (Wildman–Crippen MR) is 217 cm³/mol. The van der Waals surface area contributed by atoms with Gasteiger partial charge in [-0.3, -0.25) is 0 Å². The van der Waals surface area contributed by atoms with Crippen LogP contribution in [0.5, 0.6) is 0 Å². The molecule has 3 aromatic heterocycles. The lowest BCUT2D eigenvalue weighted by molar-refractivity contribution is 0.556. The second-order valence-corrected chi connectivity index (χ2v) is 17.3. The van der Waals surface area contributed by atoms with Crippen LogP contribution in [0.25, 0.3) is 50.8 Å². The first-order valence-corrected chi connectivity index (χ1v) is 21.6. The van der Waals surface area contributed by atoms with Crippen LogP contribution in [0.4, 0.5) is 0 Å². The summed E-state index contributed by atoms with van der Waals surface area (Å²) in [5, 5.41) is 5.69. The molecule has 0 saturated heterocycles. The molecule has 47 heavy (non-hydrogen) atoms. The van der Waals surface area contributed by atoms with Crippen LogP contribution in [-0.4, -0.2) is 0 Å². The number of unbranched alkanes of at least 4 members (excludes halogenated alkanes) is 16. The quantitative estimate of drug-likeness (QED) is 0.0664. The molecular weight excluding hydrogens is 625 g/mol. The lowest BCUT2D eigenvalue weighted by Crippen LogP contribution is -1.86. The molecule has 3 aromatic carbocycles. The zero-order valence-corrected chi connectivity index (χ0v) is 31.6. The summed E-state index contributed by atoms with van der Waals surface area (Å²) in [7, 11) is 0. The molecule has 0 N–H and O–H groups in total. The largest absolute Gasteiger partial charge is 0.140 e. The summed E-state index contributed by atoms with van der Waals surface area (Å²) in [5.41, 5.74) is 2.89. The highest BCUT2D eigenvalue weighted by molar-refractivity contribution is 7.27. The Balaban J connectivity index is 1.05. The standard InChI is InChI=1S/C44H56S3/c1-3-5-7-9-11-13-14-15-17-19-21-33-23-26-36-38-31-44-39(32-43(38)46-41(36)29-33)37-27-24-34(30-42(37)47-44)40-28-25-35(45-40)22-20-18-16-12-10-8-6-4-2/h23-32H,3-22H2,1-2H3. The first-order chi connectivity index (χ1) is 23.2. The Morgan fingerprint density at radius 2 is 0.872 bits per heavy atom. The van der Waals surface area contributed by atoms with E-state index in [4.69, 9.17) is 0 Å². The van der Waals surface area contributed by atoms with Gasteiger partial charge in [0.25, 0.3) is 0 Å². The minimum Gasteiger partial charge on any atom is -0.140 e. The highest BCUT2D eigenvalue weighted by Crippen LogP contribution is 2.43. The number of benzene rings is 3. The first kappa shape index (κ1) is 34.7. The van der Waals surface area contributed by atoms with Gasteiger partial charge in [0.1, 0.15) is 0 Å². The number of hydrogen-bond donors (Lipinski definition) is 0. The Morgan fingerprint density at radius 3 is 1.47 bits per heavy atom. The number of hydrogen-bond acceptors (Lipinski definition) is 3. The van der Waals surface area contributed by atoms with Crippen molar-refractivity contribution in [1.29, 1.82) is 0 Å². The van der Waals surface area contributed by atoms with E-state index < -0.39 is 0 Å². The molecule has 0 saturated carbocycles. The highest BCUT2D eigenvalue weighted by atomic mass is 32.1. The average Bonchev–Trinajstić information content (AvgIpc) is 3.80. The fraction of sp³-hybridized carbons (Fsp3) is 0.500. The Morgan fingerprint density at radius 1 is 0.383 bits per heavy atom. The number of fused-ring (bicyclic) bond motifs is 6. The van der Waals surface area contributed by atoms with E-state index in [0.29, 0.717) is 0 Å². The van der Waals surface area contributed by atoms with Crippen molar-refractivity contribution in [3.8, 4) is 10.4 Å². The molecule has 0 unspecified atom stereocenters. The topological polar surface area (TPSA) is 0 Å². The van der Waals surface area contributed by atoms with E-state index in [1.54, 1.807) is 4.88 Å². The van der Waals surface area contributed by atoms with Crippen LogP contribution in [0.2, 0.25) is 0 Å². The van der Waals surface area contributed by atoms with Crippen LogP contribution in [0.15, 0.2) is 60.7 Å². The van der Waals surface area contributed by atoms with Crippen LogP contribution in [0.3, 0.4) is 0 Å². The minimum absolute atomic E-state index is 1.22. The molecule has 3 heteroatoms. The van der Waals surface area contributed by atoms with Crippen LogP contribution >= 0.6 is 34.0 Å². The van der Waals surface area contributed by atoms with Gasteiger partial charge in [-0.05, 0) is 73.2 Å². The third kappa shape index (κ3) is 9.28. The van der Waals surface area contributed by atoms with Crippen LogP contribution < -0.4 is 0 Å². The van der Waals surface area contributed by atoms with Gasteiger partial charge in [-0.2, -0.15) is 0 Å². The molecule has 0 aliphatic carbocycles. The molecule has 6 rings (SSSR count). The zero-order chi connectivity index (χ0) is 32.3. The second-order valence-electron chi connectivity index (χ2n) is 14.0. The van der Waals surface area contributed by atoms with Gasteiger partial charge in [-0.1, -0.05) is 141 Å². The molecule has 0 spiro atoms. The molecule has 0 atom stereocenters. The molecular formula is C44H56S3. The van der Waals surface area contributed by atoms with Crippen molar-refractivity contribution in [3.63, 3.8) is 0 Å². The minimum atomic E-state index is 1.22. The molecule has 250 valence electrons. The zero-order valence-electron chi connectivity index (χ0n) is 29.1. The molecule has 3 heterocycles. The van der Waals surface area contributed by atoms with E-state index in [1.165, 1.54) is 185 Å². The van der Waals surface area contributed by atoms with Crippen LogP contribution in [0.1, 0.15) is 140 Å². The lowest BCUT2D eigenvalue weighted by Gasteiger charge is -2.03. The van der Waals surface area contributed by atoms with Crippen molar-refractivity contribution in [2.24, 2.45) is 0 Å². The van der Waals surface area contributed by atoms with Gasteiger partial charge in [0, 0.05) is 50.1 Å². The van der Waals surface area contributed by atoms with Gasteiger partial charge in [-0.15, -0.1) is 34.0 Å². The third-order valence-corrected chi connectivity index (χ3v) is 13.6. The van der Waals surface area contributed by atoms with Gasteiger partial charge >= 0.3 is 0 Å². The monoisotopic (exact) mass is 680 g/mol. The van der Waals surface area contributed by atoms with Crippen molar-refractivity contribution in [1.82, 2.24) is 0 Å². The molecule has 0 aliphatic heterocycles. The molecule has 0 bridgehead atoms. The van der Waals surface area contributed by atoms with Crippen molar-refractivity contribution in [2.45, 2.75) is 142 Å². The number of thiophene rings is 3. The SMILES string of the molecule is CCCCCCCCCCCCc1ccc2c(c1)sc1cc3c(cc12)sc1cc(-c2ccc(CCCCCCCCCC)s2)ccc13. The van der Waals surface area contributed by atoms with E-state index in [0.717, 1.165) is 0 Å². The first-order valence-electron chi connectivity index (χ1n) is 19.1. The van der Waals surface area contributed by atoms with Crippen molar-refractivity contribution in [3.05, 3.63) is 71.1 Å². The molecule has 6 aromatic rings. The van der Waals surface area contributed by atoms with Gasteiger partial charge < -0.3 is 0 Å². The van der Waals surface area contributed by atoms with Crippen LogP contribution in [0, 0.1) is 0 Å².